The van der Waals surface area contributed by atoms with Gasteiger partial charge in [0.1, 0.15) is 15.0 Å². The van der Waals surface area contributed by atoms with E-state index in [-0.39, 0.29) is 33.3 Å². The summed E-state index contributed by atoms with van der Waals surface area (Å²) < 4.78 is 70.1. The Balaban J connectivity index is 1.58. The van der Waals surface area contributed by atoms with Gasteiger partial charge in [0.05, 0.1) is 4.90 Å². The second kappa shape index (κ2) is 9.67. The first-order valence-electron chi connectivity index (χ1n) is 13.2. The van der Waals surface area contributed by atoms with Crippen molar-refractivity contribution in [2.75, 3.05) is 0 Å². The van der Waals surface area contributed by atoms with Crippen molar-refractivity contribution in [3.63, 3.8) is 0 Å². The summed E-state index contributed by atoms with van der Waals surface area (Å²) in [6.07, 6.45) is 7.97. The Kier molecular flexibility index (Phi) is 6.45. The zero-order chi connectivity index (χ0) is 26.5. The molecular weight excluding hydrogens is 520 g/mol. The number of hydrogen-bond acceptors (Lipinski definition) is 6. The molecule has 4 aromatic rings. The molecule has 0 bridgehead atoms. The normalized spacial score (nSPS) is 17.5. The topological polar surface area (TPSA) is 101 Å². The predicted octanol–water partition coefficient (Wildman–Crippen LogP) is 6.98. The van der Waals surface area contributed by atoms with E-state index < -0.39 is 25.1 Å². The average Bonchev–Trinajstić information content (AvgIpc) is 3.62. The van der Waals surface area contributed by atoms with Crippen LogP contribution in [0.2, 0.25) is 0 Å². The van der Waals surface area contributed by atoms with Crippen molar-refractivity contribution in [3.8, 4) is 5.75 Å². The molecule has 0 spiro atoms. The molecule has 38 heavy (non-hydrogen) atoms. The predicted molar refractivity (Wildman–Crippen MR) is 146 cm³/mol. The van der Waals surface area contributed by atoms with Gasteiger partial charge in [-0.3, -0.25) is 0 Å². The van der Waals surface area contributed by atoms with Crippen molar-refractivity contribution in [2.45, 2.75) is 73.0 Å². The Bertz CT molecular complexity index is 1750. The monoisotopic (exact) mass is 549 g/mol. The summed E-state index contributed by atoms with van der Waals surface area (Å²) in [4.78, 5) is -0.124. The summed E-state index contributed by atoms with van der Waals surface area (Å²) in [6, 6.07) is 18.8. The Morgan fingerprint density at radius 1 is 0.684 bits per heavy atom. The van der Waals surface area contributed by atoms with Crippen LogP contribution in [0.4, 0.5) is 0 Å². The molecule has 6 rings (SSSR count). The fraction of sp³-hybridized carbons (Fsp3) is 0.333. The smallest absolute Gasteiger partial charge is 0.339 e. The second-order valence-electron chi connectivity index (χ2n) is 10.5. The van der Waals surface area contributed by atoms with Crippen molar-refractivity contribution >= 4 is 41.8 Å². The Morgan fingerprint density at radius 3 is 1.92 bits per heavy atom. The fourth-order valence-corrected chi connectivity index (χ4v) is 8.72. The summed E-state index contributed by atoms with van der Waals surface area (Å²) in [6.45, 7) is 0. The van der Waals surface area contributed by atoms with E-state index in [1.165, 1.54) is 12.1 Å². The quantitative estimate of drug-likeness (QED) is 0.190. The maximum absolute atomic E-state index is 14.3. The molecule has 2 aliphatic carbocycles. The van der Waals surface area contributed by atoms with Gasteiger partial charge in [-0.05, 0) is 77.6 Å². The highest BCUT2D eigenvalue weighted by molar-refractivity contribution is 7.87. The van der Waals surface area contributed by atoms with Crippen molar-refractivity contribution < 1.29 is 25.6 Å². The maximum Gasteiger partial charge on any atom is 0.339 e. The van der Waals surface area contributed by atoms with Crippen molar-refractivity contribution in [3.05, 3.63) is 77.9 Å². The first-order chi connectivity index (χ1) is 18.2. The number of rotatable bonds is 6. The zero-order valence-electron chi connectivity index (χ0n) is 20.9. The molecule has 0 amide bonds. The Hall–Kier alpha value is -2.94. The van der Waals surface area contributed by atoms with Gasteiger partial charge in [-0.25, -0.2) is 8.42 Å². The Labute approximate surface area is 223 Å². The second-order valence-corrected chi connectivity index (χ2v) is 13.3. The van der Waals surface area contributed by atoms with Crippen LogP contribution in [-0.4, -0.2) is 21.4 Å². The molecule has 8 heteroatoms. The van der Waals surface area contributed by atoms with Crippen molar-refractivity contribution in [1.82, 2.24) is 0 Å². The standard InChI is InChI=1S/C30H30O6S2/c31-37(32,33)28-18-17-27(24-15-7-8-16-25(24)28)36-38(34,35)30-26(20-9-1-2-10-20)19-22-13-5-6-14-23(22)29(30)21-11-3-4-12-21/h5-8,13-21H,1-4,9-12H2,(H,31,32,33)/p-1. The molecule has 0 saturated heterocycles. The summed E-state index contributed by atoms with van der Waals surface area (Å²) in [5.41, 5.74) is 1.68. The minimum absolute atomic E-state index is 0.0101. The summed E-state index contributed by atoms with van der Waals surface area (Å²) in [5.74, 6) is 0.271. The highest BCUT2D eigenvalue weighted by Crippen LogP contribution is 2.47. The van der Waals surface area contributed by atoms with E-state index in [4.69, 9.17) is 4.18 Å². The highest BCUT2D eigenvalue weighted by Gasteiger charge is 2.35. The first kappa shape index (κ1) is 25.3. The molecule has 0 heterocycles. The zero-order valence-corrected chi connectivity index (χ0v) is 22.6. The van der Waals surface area contributed by atoms with Gasteiger partial charge in [0.25, 0.3) is 0 Å². The molecule has 0 aromatic heterocycles. The lowest BCUT2D eigenvalue weighted by Crippen LogP contribution is -2.18. The number of hydrogen-bond donors (Lipinski definition) is 0. The minimum Gasteiger partial charge on any atom is -0.744 e. The van der Waals surface area contributed by atoms with Gasteiger partial charge in [0.2, 0.25) is 0 Å². The van der Waals surface area contributed by atoms with E-state index in [9.17, 15) is 21.4 Å². The van der Waals surface area contributed by atoms with Gasteiger partial charge >= 0.3 is 10.1 Å². The van der Waals surface area contributed by atoms with E-state index in [2.05, 4.69) is 6.07 Å². The van der Waals surface area contributed by atoms with Gasteiger partial charge in [-0.15, -0.1) is 0 Å². The van der Waals surface area contributed by atoms with Crippen LogP contribution < -0.4 is 4.18 Å². The van der Waals surface area contributed by atoms with E-state index in [0.717, 1.165) is 79.3 Å². The van der Waals surface area contributed by atoms with Gasteiger partial charge in [0, 0.05) is 10.8 Å². The van der Waals surface area contributed by atoms with Gasteiger partial charge < -0.3 is 8.74 Å². The van der Waals surface area contributed by atoms with Crippen molar-refractivity contribution in [1.29, 1.82) is 0 Å². The fourth-order valence-electron chi connectivity index (χ4n) is 6.51. The van der Waals surface area contributed by atoms with E-state index in [0.29, 0.717) is 0 Å². The van der Waals surface area contributed by atoms with Gasteiger partial charge in [-0.2, -0.15) is 8.42 Å². The third-order valence-electron chi connectivity index (χ3n) is 8.19. The lowest BCUT2D eigenvalue weighted by molar-refractivity contribution is 0.464. The largest absolute Gasteiger partial charge is 0.744 e. The van der Waals surface area contributed by atoms with Gasteiger partial charge in [0.15, 0.2) is 5.75 Å². The molecule has 0 unspecified atom stereocenters. The molecule has 2 saturated carbocycles. The van der Waals surface area contributed by atoms with Crippen LogP contribution in [0.5, 0.6) is 5.75 Å². The van der Waals surface area contributed by atoms with Crippen LogP contribution in [0.15, 0.2) is 76.5 Å². The summed E-state index contributed by atoms with van der Waals surface area (Å²) in [7, 11) is -9.07. The molecule has 0 N–H and O–H groups in total. The number of benzene rings is 4. The van der Waals surface area contributed by atoms with Crippen LogP contribution >= 0.6 is 0 Å². The third-order valence-corrected chi connectivity index (χ3v) is 10.4. The highest BCUT2D eigenvalue weighted by atomic mass is 32.2. The minimum atomic E-state index is -4.76. The molecule has 6 nitrogen and oxygen atoms in total. The first-order valence-corrected chi connectivity index (χ1v) is 16.0. The maximum atomic E-state index is 14.3. The van der Waals surface area contributed by atoms with Crippen LogP contribution in [0, 0.1) is 0 Å². The molecule has 2 fully saturated rings. The summed E-state index contributed by atoms with van der Waals surface area (Å²) >= 11 is 0. The van der Waals surface area contributed by atoms with Crippen LogP contribution in [0.25, 0.3) is 21.5 Å². The van der Waals surface area contributed by atoms with Crippen molar-refractivity contribution in [2.24, 2.45) is 0 Å². The van der Waals surface area contributed by atoms with Crippen LogP contribution in [-0.2, 0) is 20.2 Å². The molecule has 4 aromatic carbocycles. The molecular formula is C30H29O6S2-. The average molecular weight is 550 g/mol. The molecule has 0 atom stereocenters. The van der Waals surface area contributed by atoms with Crippen LogP contribution in [0.1, 0.15) is 74.3 Å². The van der Waals surface area contributed by atoms with Crippen LogP contribution in [0.3, 0.4) is 0 Å². The van der Waals surface area contributed by atoms with Gasteiger partial charge in [-0.1, -0.05) is 74.2 Å². The lowest BCUT2D eigenvalue weighted by Gasteiger charge is -2.24. The Morgan fingerprint density at radius 2 is 1.26 bits per heavy atom. The lowest BCUT2D eigenvalue weighted by atomic mass is 9.86. The summed E-state index contributed by atoms with van der Waals surface area (Å²) in [5, 5.41) is 2.39. The third kappa shape index (κ3) is 4.48. The SMILES string of the molecule is O=S(=O)([O-])c1ccc(OS(=O)(=O)c2c(C3CCCC3)cc3ccccc3c2C2CCCC2)c2ccccc12. The van der Waals surface area contributed by atoms with E-state index >= 15 is 0 Å². The van der Waals surface area contributed by atoms with E-state index in [1.54, 1.807) is 18.2 Å². The van der Waals surface area contributed by atoms with E-state index in [1.807, 2.05) is 24.3 Å². The number of fused-ring (bicyclic) bond motifs is 2. The molecule has 0 aliphatic heterocycles. The molecule has 2 aliphatic rings. The molecule has 0 radical (unpaired) electrons. The molecule has 198 valence electrons.